The number of nitrogens with one attached hydrogen (secondary N) is 2. The Hall–Kier alpha value is -0.0400. The van der Waals surface area contributed by atoms with Crippen molar-refractivity contribution in [2.75, 3.05) is 33.2 Å². The SMILES string of the molecule is CCCCN(C)C(=NCCNC(C)(C)C)NCC.I. The zero-order chi connectivity index (χ0) is 14.0. The van der Waals surface area contributed by atoms with Crippen molar-refractivity contribution in [3.8, 4) is 0 Å². The quantitative estimate of drug-likeness (QED) is 0.307. The van der Waals surface area contributed by atoms with E-state index in [9.17, 15) is 0 Å². The van der Waals surface area contributed by atoms with Crippen molar-refractivity contribution in [3.63, 3.8) is 0 Å². The lowest BCUT2D eigenvalue weighted by Gasteiger charge is -2.23. The predicted octanol–water partition coefficient (Wildman–Crippen LogP) is 2.69. The lowest BCUT2D eigenvalue weighted by Crippen LogP contribution is -2.41. The maximum atomic E-state index is 4.64. The highest BCUT2D eigenvalue weighted by Gasteiger charge is 2.08. The second kappa shape index (κ2) is 11.8. The summed E-state index contributed by atoms with van der Waals surface area (Å²) in [7, 11) is 2.11. The second-order valence-corrected chi connectivity index (χ2v) is 5.69. The van der Waals surface area contributed by atoms with Crippen LogP contribution in [0.3, 0.4) is 0 Å². The van der Waals surface area contributed by atoms with Gasteiger partial charge in [0.05, 0.1) is 6.54 Å². The van der Waals surface area contributed by atoms with Gasteiger partial charge in [-0.05, 0) is 34.1 Å². The summed E-state index contributed by atoms with van der Waals surface area (Å²) in [6.45, 7) is 14.6. The van der Waals surface area contributed by atoms with E-state index in [1.54, 1.807) is 0 Å². The molecule has 0 amide bonds. The molecule has 116 valence electrons. The highest BCUT2D eigenvalue weighted by Crippen LogP contribution is 1.97. The number of nitrogens with zero attached hydrogens (tertiary/aromatic N) is 2. The van der Waals surface area contributed by atoms with Crippen LogP contribution in [0.1, 0.15) is 47.5 Å². The fraction of sp³-hybridized carbons (Fsp3) is 0.929. The highest BCUT2D eigenvalue weighted by molar-refractivity contribution is 14.0. The van der Waals surface area contributed by atoms with E-state index in [1.165, 1.54) is 12.8 Å². The Morgan fingerprint density at radius 3 is 2.32 bits per heavy atom. The third kappa shape index (κ3) is 12.7. The molecule has 0 rings (SSSR count). The molecule has 0 heterocycles. The van der Waals surface area contributed by atoms with Crippen LogP contribution in [0.2, 0.25) is 0 Å². The molecular weight excluding hydrogens is 351 g/mol. The Labute approximate surface area is 136 Å². The summed E-state index contributed by atoms with van der Waals surface area (Å²) >= 11 is 0. The smallest absolute Gasteiger partial charge is 0.193 e. The fourth-order valence-electron chi connectivity index (χ4n) is 1.56. The summed E-state index contributed by atoms with van der Waals surface area (Å²) in [4.78, 5) is 6.85. The van der Waals surface area contributed by atoms with Crippen molar-refractivity contribution in [1.82, 2.24) is 15.5 Å². The van der Waals surface area contributed by atoms with Gasteiger partial charge in [0, 0.05) is 32.2 Å². The van der Waals surface area contributed by atoms with E-state index in [4.69, 9.17) is 0 Å². The van der Waals surface area contributed by atoms with Gasteiger partial charge in [0.15, 0.2) is 5.96 Å². The molecule has 0 aliphatic heterocycles. The van der Waals surface area contributed by atoms with E-state index in [0.29, 0.717) is 0 Å². The Kier molecular flexibility index (Phi) is 13.2. The van der Waals surface area contributed by atoms with E-state index in [0.717, 1.165) is 32.1 Å². The zero-order valence-electron chi connectivity index (χ0n) is 13.5. The van der Waals surface area contributed by atoms with Gasteiger partial charge in [-0.15, -0.1) is 24.0 Å². The van der Waals surface area contributed by atoms with Crippen molar-refractivity contribution >= 4 is 29.9 Å². The number of rotatable bonds is 7. The van der Waals surface area contributed by atoms with Crippen molar-refractivity contribution < 1.29 is 0 Å². The zero-order valence-corrected chi connectivity index (χ0v) is 15.9. The molecule has 0 aromatic heterocycles. The number of halogens is 1. The summed E-state index contributed by atoms with van der Waals surface area (Å²) in [6, 6.07) is 0. The molecule has 2 N–H and O–H groups in total. The summed E-state index contributed by atoms with van der Waals surface area (Å²) in [5, 5.41) is 6.79. The molecule has 0 unspecified atom stereocenters. The molecule has 0 aromatic carbocycles. The molecule has 0 atom stereocenters. The van der Waals surface area contributed by atoms with Crippen LogP contribution < -0.4 is 10.6 Å². The van der Waals surface area contributed by atoms with Crippen LogP contribution in [0.25, 0.3) is 0 Å². The molecule has 0 aromatic rings. The molecule has 0 saturated carbocycles. The number of hydrogen-bond acceptors (Lipinski definition) is 2. The Morgan fingerprint density at radius 1 is 1.21 bits per heavy atom. The lowest BCUT2D eigenvalue weighted by molar-refractivity contribution is 0.429. The van der Waals surface area contributed by atoms with E-state index in [-0.39, 0.29) is 29.5 Å². The van der Waals surface area contributed by atoms with Crippen LogP contribution >= 0.6 is 24.0 Å². The molecular formula is C14H33IN4. The van der Waals surface area contributed by atoms with E-state index in [1.807, 2.05) is 0 Å². The minimum absolute atomic E-state index is 0. The Bertz CT molecular complexity index is 236. The van der Waals surface area contributed by atoms with Crippen LogP contribution in [0.5, 0.6) is 0 Å². The average molecular weight is 384 g/mol. The maximum Gasteiger partial charge on any atom is 0.193 e. The average Bonchev–Trinajstić information content (AvgIpc) is 2.28. The molecule has 0 fully saturated rings. The fourth-order valence-corrected chi connectivity index (χ4v) is 1.56. The highest BCUT2D eigenvalue weighted by atomic mass is 127. The molecule has 0 saturated heterocycles. The van der Waals surface area contributed by atoms with Gasteiger partial charge in [0.2, 0.25) is 0 Å². The minimum atomic E-state index is 0. The molecule has 0 bridgehead atoms. The van der Waals surface area contributed by atoms with Crippen molar-refractivity contribution in [1.29, 1.82) is 0 Å². The van der Waals surface area contributed by atoms with Gasteiger partial charge in [0.25, 0.3) is 0 Å². The van der Waals surface area contributed by atoms with Crippen LogP contribution in [-0.2, 0) is 0 Å². The van der Waals surface area contributed by atoms with Gasteiger partial charge in [0.1, 0.15) is 0 Å². The standard InChI is InChI=1S/C14H32N4.HI/c1-7-9-12-18(6)13(15-8-2)16-10-11-17-14(3,4)5;/h17H,7-12H2,1-6H3,(H,15,16);1H. The third-order valence-corrected chi connectivity index (χ3v) is 2.57. The van der Waals surface area contributed by atoms with Crippen LogP contribution in [0.4, 0.5) is 0 Å². The first-order valence-electron chi connectivity index (χ1n) is 7.15. The maximum absolute atomic E-state index is 4.64. The summed E-state index contributed by atoms with van der Waals surface area (Å²) < 4.78 is 0. The van der Waals surface area contributed by atoms with Crippen molar-refractivity contribution in [2.45, 2.75) is 53.0 Å². The van der Waals surface area contributed by atoms with E-state index < -0.39 is 0 Å². The molecule has 0 aliphatic carbocycles. The van der Waals surface area contributed by atoms with Gasteiger partial charge in [-0.2, -0.15) is 0 Å². The monoisotopic (exact) mass is 384 g/mol. The van der Waals surface area contributed by atoms with Gasteiger partial charge in [-0.25, -0.2) is 0 Å². The first kappa shape index (κ1) is 21.3. The van der Waals surface area contributed by atoms with Crippen molar-refractivity contribution in [3.05, 3.63) is 0 Å². The summed E-state index contributed by atoms with van der Waals surface area (Å²) in [6.07, 6.45) is 2.43. The normalized spacial score (nSPS) is 12.0. The summed E-state index contributed by atoms with van der Waals surface area (Å²) in [5.74, 6) is 1.02. The van der Waals surface area contributed by atoms with E-state index in [2.05, 4.69) is 62.2 Å². The largest absolute Gasteiger partial charge is 0.357 e. The van der Waals surface area contributed by atoms with Crippen LogP contribution in [-0.4, -0.2) is 49.6 Å². The Morgan fingerprint density at radius 2 is 1.84 bits per heavy atom. The van der Waals surface area contributed by atoms with Crippen LogP contribution in [0, 0.1) is 0 Å². The third-order valence-electron chi connectivity index (χ3n) is 2.57. The van der Waals surface area contributed by atoms with E-state index >= 15 is 0 Å². The molecule has 0 radical (unpaired) electrons. The molecule has 0 spiro atoms. The van der Waals surface area contributed by atoms with Crippen LogP contribution in [0.15, 0.2) is 4.99 Å². The first-order valence-corrected chi connectivity index (χ1v) is 7.15. The number of guanidine groups is 1. The molecule has 0 aliphatic rings. The van der Waals surface area contributed by atoms with Gasteiger partial charge in [-0.1, -0.05) is 13.3 Å². The second-order valence-electron chi connectivity index (χ2n) is 5.69. The van der Waals surface area contributed by atoms with Gasteiger partial charge >= 0.3 is 0 Å². The minimum Gasteiger partial charge on any atom is -0.357 e. The number of hydrogen-bond donors (Lipinski definition) is 2. The number of aliphatic imine (C=N–C) groups is 1. The van der Waals surface area contributed by atoms with Crippen molar-refractivity contribution in [2.24, 2.45) is 4.99 Å². The number of unbranched alkanes of at least 4 members (excludes halogenated alkanes) is 1. The Balaban J connectivity index is 0. The molecule has 5 heteroatoms. The summed E-state index contributed by atoms with van der Waals surface area (Å²) in [5.41, 5.74) is 0.169. The van der Waals surface area contributed by atoms with Gasteiger partial charge in [-0.3, -0.25) is 4.99 Å². The molecule has 19 heavy (non-hydrogen) atoms. The van der Waals surface area contributed by atoms with Gasteiger partial charge < -0.3 is 15.5 Å². The first-order chi connectivity index (χ1) is 8.40. The topological polar surface area (TPSA) is 39.7 Å². The predicted molar refractivity (Wildman–Crippen MR) is 96.7 cm³/mol. The lowest BCUT2D eigenvalue weighted by atomic mass is 10.1. The molecule has 4 nitrogen and oxygen atoms in total.